The third-order valence-corrected chi connectivity index (χ3v) is 3.72. The first kappa shape index (κ1) is 14.2. The van der Waals surface area contributed by atoms with E-state index in [-0.39, 0.29) is 0 Å². The molecule has 20 heavy (non-hydrogen) atoms. The first-order chi connectivity index (χ1) is 9.55. The first-order valence-corrected chi connectivity index (χ1v) is 6.64. The average Bonchev–Trinajstić information content (AvgIpc) is 2.90. The van der Waals surface area contributed by atoms with Gasteiger partial charge in [-0.05, 0) is 36.3 Å². The summed E-state index contributed by atoms with van der Waals surface area (Å²) in [4.78, 5) is 11.7. The van der Waals surface area contributed by atoms with E-state index in [1.165, 1.54) is 4.68 Å². The summed E-state index contributed by atoms with van der Waals surface area (Å²) in [6.45, 7) is 5.64. The molecule has 6 nitrogen and oxygen atoms in total. The van der Waals surface area contributed by atoms with E-state index in [2.05, 4.69) is 15.5 Å². The maximum Gasteiger partial charge on any atom is 0.331 e. The molecule has 0 aliphatic heterocycles. The molecule has 2 rings (SSSR count). The summed E-state index contributed by atoms with van der Waals surface area (Å²) in [6, 6.07) is 7.71. The van der Waals surface area contributed by atoms with Crippen LogP contribution in [0.5, 0.6) is 0 Å². The largest absolute Gasteiger partial charge is 0.479 e. The van der Waals surface area contributed by atoms with Crippen LogP contribution in [0.25, 0.3) is 11.4 Å². The van der Waals surface area contributed by atoms with Gasteiger partial charge in [0, 0.05) is 5.56 Å². The summed E-state index contributed by atoms with van der Waals surface area (Å²) in [5.74, 6) is -0.427. The number of nitrogens with zero attached hydrogens (tertiary/aromatic N) is 4. The molecular weight excluding hydrogens is 256 g/mol. The van der Waals surface area contributed by atoms with Crippen LogP contribution in [0.1, 0.15) is 32.3 Å². The fourth-order valence-corrected chi connectivity index (χ4v) is 2.38. The van der Waals surface area contributed by atoms with Crippen LogP contribution in [0, 0.1) is 6.92 Å². The third-order valence-electron chi connectivity index (χ3n) is 3.72. The molecule has 1 aromatic carbocycles. The van der Waals surface area contributed by atoms with Gasteiger partial charge < -0.3 is 5.11 Å². The molecule has 0 aliphatic rings. The summed E-state index contributed by atoms with van der Waals surface area (Å²) in [7, 11) is 0. The molecule has 0 bridgehead atoms. The molecule has 6 heteroatoms. The minimum atomic E-state index is -1.11. The van der Waals surface area contributed by atoms with E-state index < -0.39 is 11.5 Å². The van der Waals surface area contributed by atoms with Gasteiger partial charge >= 0.3 is 5.97 Å². The van der Waals surface area contributed by atoms with Gasteiger partial charge in [0.05, 0.1) is 0 Å². The standard InChI is InChI=1S/C14H18N4O2/c1-4-14(5-2,13(19)20)18-12(15-16-17-18)11-8-6-7-10(3)9-11/h6-9H,4-5H2,1-3H3,(H,19,20). The first-order valence-electron chi connectivity index (χ1n) is 6.64. The highest BCUT2D eigenvalue weighted by Crippen LogP contribution is 2.29. The van der Waals surface area contributed by atoms with E-state index in [0.717, 1.165) is 11.1 Å². The van der Waals surface area contributed by atoms with Crippen molar-refractivity contribution in [3.8, 4) is 11.4 Å². The second kappa shape index (κ2) is 5.40. The third kappa shape index (κ3) is 2.17. The molecule has 0 saturated heterocycles. The Labute approximate surface area is 117 Å². The van der Waals surface area contributed by atoms with Crippen LogP contribution in [-0.4, -0.2) is 31.3 Å². The van der Waals surface area contributed by atoms with Crippen molar-refractivity contribution in [1.29, 1.82) is 0 Å². The molecule has 0 saturated carbocycles. The molecule has 2 aromatic rings. The summed E-state index contributed by atoms with van der Waals surface area (Å²) in [5, 5.41) is 21.2. The molecule has 1 heterocycles. The number of hydrogen-bond donors (Lipinski definition) is 1. The molecule has 0 unspecified atom stereocenters. The zero-order valence-corrected chi connectivity index (χ0v) is 11.9. The van der Waals surface area contributed by atoms with Crippen molar-refractivity contribution in [3.05, 3.63) is 29.8 Å². The zero-order valence-electron chi connectivity index (χ0n) is 11.9. The van der Waals surface area contributed by atoms with Crippen LogP contribution in [0.4, 0.5) is 0 Å². The second-order valence-corrected chi connectivity index (χ2v) is 4.83. The van der Waals surface area contributed by atoms with E-state index in [1.807, 2.05) is 45.0 Å². The lowest BCUT2D eigenvalue weighted by molar-refractivity contribution is -0.148. The number of carboxylic acids is 1. The Morgan fingerprint density at radius 3 is 2.60 bits per heavy atom. The minimum Gasteiger partial charge on any atom is -0.479 e. The Morgan fingerprint density at radius 1 is 1.35 bits per heavy atom. The second-order valence-electron chi connectivity index (χ2n) is 4.83. The van der Waals surface area contributed by atoms with Crippen molar-refractivity contribution in [2.75, 3.05) is 0 Å². The maximum atomic E-state index is 11.7. The average molecular weight is 274 g/mol. The van der Waals surface area contributed by atoms with Crippen molar-refractivity contribution in [3.63, 3.8) is 0 Å². The highest BCUT2D eigenvalue weighted by atomic mass is 16.4. The molecule has 0 aliphatic carbocycles. The summed E-state index contributed by atoms with van der Waals surface area (Å²) >= 11 is 0. The lowest BCUT2D eigenvalue weighted by atomic mass is 9.92. The van der Waals surface area contributed by atoms with Crippen molar-refractivity contribution in [1.82, 2.24) is 20.2 Å². The number of carboxylic acid groups (broad SMARTS) is 1. The van der Waals surface area contributed by atoms with Gasteiger partial charge in [-0.15, -0.1) is 5.10 Å². The van der Waals surface area contributed by atoms with Crippen molar-refractivity contribution in [2.45, 2.75) is 39.2 Å². The molecule has 106 valence electrons. The van der Waals surface area contributed by atoms with Crippen molar-refractivity contribution < 1.29 is 9.90 Å². The van der Waals surface area contributed by atoms with Crippen LogP contribution in [0.2, 0.25) is 0 Å². The predicted octanol–water partition coefficient (Wildman–Crippen LogP) is 2.25. The maximum absolute atomic E-state index is 11.7. The van der Waals surface area contributed by atoms with Crippen LogP contribution in [0.15, 0.2) is 24.3 Å². The fraction of sp³-hybridized carbons (Fsp3) is 0.429. The topological polar surface area (TPSA) is 80.9 Å². The number of benzene rings is 1. The Hall–Kier alpha value is -2.24. The molecule has 0 spiro atoms. The lowest BCUT2D eigenvalue weighted by Crippen LogP contribution is -2.42. The summed E-state index contributed by atoms with van der Waals surface area (Å²) < 4.78 is 1.43. The molecule has 0 radical (unpaired) electrons. The molecule has 0 amide bonds. The number of rotatable bonds is 5. The lowest BCUT2D eigenvalue weighted by Gasteiger charge is -2.27. The molecular formula is C14H18N4O2. The van der Waals surface area contributed by atoms with Gasteiger partial charge in [0.2, 0.25) is 0 Å². The predicted molar refractivity (Wildman–Crippen MR) is 74.2 cm³/mol. The number of tetrazole rings is 1. The number of hydrogen-bond acceptors (Lipinski definition) is 4. The summed E-state index contributed by atoms with van der Waals surface area (Å²) in [5.41, 5.74) is 0.788. The van der Waals surface area contributed by atoms with Gasteiger partial charge in [0.15, 0.2) is 11.4 Å². The number of aryl methyl sites for hydroxylation is 1. The van der Waals surface area contributed by atoms with E-state index >= 15 is 0 Å². The molecule has 0 atom stereocenters. The van der Waals surface area contributed by atoms with Gasteiger partial charge in [0.25, 0.3) is 0 Å². The molecule has 0 fully saturated rings. The van der Waals surface area contributed by atoms with Gasteiger partial charge in [-0.1, -0.05) is 37.6 Å². The highest BCUT2D eigenvalue weighted by molar-refractivity contribution is 5.77. The smallest absolute Gasteiger partial charge is 0.331 e. The minimum absolute atomic E-state index is 0.419. The van der Waals surface area contributed by atoms with Crippen LogP contribution < -0.4 is 0 Å². The van der Waals surface area contributed by atoms with Crippen LogP contribution in [-0.2, 0) is 10.3 Å². The van der Waals surface area contributed by atoms with Crippen LogP contribution >= 0.6 is 0 Å². The Kier molecular flexibility index (Phi) is 3.83. The van der Waals surface area contributed by atoms with E-state index in [1.54, 1.807) is 0 Å². The Morgan fingerprint density at radius 2 is 2.05 bits per heavy atom. The quantitative estimate of drug-likeness (QED) is 0.904. The van der Waals surface area contributed by atoms with Crippen molar-refractivity contribution >= 4 is 5.97 Å². The Bertz CT molecular complexity index is 617. The SMILES string of the molecule is CCC(CC)(C(=O)O)n1nnnc1-c1cccc(C)c1. The van der Waals surface area contributed by atoms with Crippen LogP contribution in [0.3, 0.4) is 0 Å². The van der Waals surface area contributed by atoms with Gasteiger partial charge in [-0.3, -0.25) is 0 Å². The number of aromatic nitrogens is 4. The summed E-state index contributed by atoms with van der Waals surface area (Å²) in [6.07, 6.45) is 0.839. The van der Waals surface area contributed by atoms with E-state index in [0.29, 0.717) is 18.7 Å². The van der Waals surface area contributed by atoms with Gasteiger partial charge in [-0.25, -0.2) is 9.48 Å². The van der Waals surface area contributed by atoms with E-state index in [4.69, 9.17) is 0 Å². The monoisotopic (exact) mass is 274 g/mol. The molecule has 1 aromatic heterocycles. The van der Waals surface area contributed by atoms with Gasteiger partial charge in [0.1, 0.15) is 0 Å². The van der Waals surface area contributed by atoms with E-state index in [9.17, 15) is 9.90 Å². The highest BCUT2D eigenvalue weighted by Gasteiger charge is 2.40. The number of aliphatic carboxylic acids is 1. The van der Waals surface area contributed by atoms with Gasteiger partial charge in [-0.2, -0.15) is 0 Å². The number of carbonyl (C=O) groups is 1. The Balaban J connectivity index is 2.60. The molecule has 1 N–H and O–H groups in total. The van der Waals surface area contributed by atoms with Crippen molar-refractivity contribution in [2.24, 2.45) is 0 Å². The fourth-order valence-electron chi connectivity index (χ4n) is 2.38. The normalized spacial score (nSPS) is 11.6. The zero-order chi connectivity index (χ0) is 14.8.